The Labute approximate surface area is 222 Å². The van der Waals surface area contributed by atoms with Gasteiger partial charge in [0.15, 0.2) is 0 Å². The van der Waals surface area contributed by atoms with E-state index in [0.29, 0.717) is 35.5 Å². The van der Waals surface area contributed by atoms with Gasteiger partial charge < -0.3 is 0 Å². The average molecular weight is 483 g/mol. The summed E-state index contributed by atoms with van der Waals surface area (Å²) in [5.74, 6) is 2.96. The minimum atomic E-state index is 0.475. The zero-order valence-electron chi connectivity index (χ0n) is 25.1. The quantitative estimate of drug-likeness (QED) is 0.299. The van der Waals surface area contributed by atoms with Crippen LogP contribution in [0.5, 0.6) is 0 Å². The molecule has 0 saturated heterocycles. The molecule has 0 heterocycles. The second-order valence-electron chi connectivity index (χ2n) is 12.7. The predicted octanol–water partition coefficient (Wildman–Crippen LogP) is 11.8. The predicted molar refractivity (Wildman–Crippen MR) is 162 cm³/mol. The Morgan fingerprint density at radius 2 is 0.639 bits per heavy atom. The SMILES string of the molecule is CC(C)c1cc(C(C)C)c(-c2cccc(-c3c(C(C)C)cc(C(C)C)cc3C(C)C)c2)c(C(C)C)c1. The molecule has 0 bridgehead atoms. The molecule has 3 rings (SSSR count). The lowest BCUT2D eigenvalue weighted by Gasteiger charge is -2.25. The van der Waals surface area contributed by atoms with Gasteiger partial charge in [0.1, 0.15) is 0 Å². The fourth-order valence-electron chi connectivity index (χ4n) is 5.41. The van der Waals surface area contributed by atoms with Gasteiger partial charge in [-0.25, -0.2) is 0 Å². The molecule has 0 aliphatic rings. The Morgan fingerprint density at radius 1 is 0.361 bits per heavy atom. The zero-order chi connectivity index (χ0) is 26.9. The van der Waals surface area contributed by atoms with E-state index in [9.17, 15) is 0 Å². The van der Waals surface area contributed by atoms with Crippen molar-refractivity contribution < 1.29 is 0 Å². The standard InChI is InChI=1S/C36H50/c1-21(2)29-17-31(23(5)6)35(32(18-29)24(7)8)27-14-13-15-28(16-27)36-33(25(9)10)19-30(22(3)4)20-34(36)26(11)12/h13-26H,1-12H3. The molecule has 0 N–H and O–H groups in total. The number of rotatable bonds is 8. The molecule has 0 fully saturated rings. The third kappa shape index (κ3) is 5.80. The Bertz CT molecular complexity index is 1040. The van der Waals surface area contributed by atoms with E-state index in [1.807, 2.05) is 0 Å². The van der Waals surface area contributed by atoms with Crippen LogP contribution in [0.3, 0.4) is 0 Å². The third-order valence-corrected chi connectivity index (χ3v) is 7.70. The first-order valence-corrected chi connectivity index (χ1v) is 14.3. The van der Waals surface area contributed by atoms with Crippen molar-refractivity contribution in [3.8, 4) is 22.3 Å². The Kier molecular flexibility index (Phi) is 8.92. The molecule has 0 aliphatic carbocycles. The van der Waals surface area contributed by atoms with Crippen LogP contribution in [0.4, 0.5) is 0 Å². The summed E-state index contributed by atoms with van der Waals surface area (Å²) < 4.78 is 0. The van der Waals surface area contributed by atoms with Crippen LogP contribution in [-0.2, 0) is 0 Å². The fourth-order valence-corrected chi connectivity index (χ4v) is 5.41. The van der Waals surface area contributed by atoms with Crippen molar-refractivity contribution in [1.29, 1.82) is 0 Å². The van der Waals surface area contributed by atoms with Crippen LogP contribution in [0.15, 0.2) is 48.5 Å². The van der Waals surface area contributed by atoms with Gasteiger partial charge in [-0.2, -0.15) is 0 Å². The van der Waals surface area contributed by atoms with Gasteiger partial charge in [-0.15, -0.1) is 0 Å². The van der Waals surface area contributed by atoms with Gasteiger partial charge in [-0.3, -0.25) is 0 Å². The smallest absolute Gasteiger partial charge is 0.0114 e. The maximum atomic E-state index is 2.48. The molecule has 0 spiro atoms. The van der Waals surface area contributed by atoms with Gasteiger partial charge in [0.2, 0.25) is 0 Å². The van der Waals surface area contributed by atoms with Crippen LogP contribution in [0.2, 0.25) is 0 Å². The Balaban J connectivity index is 2.36. The summed E-state index contributed by atoms with van der Waals surface area (Å²) in [6.07, 6.45) is 0. The van der Waals surface area contributed by atoms with E-state index < -0.39 is 0 Å². The van der Waals surface area contributed by atoms with Gasteiger partial charge in [-0.1, -0.05) is 126 Å². The average Bonchev–Trinajstić information content (AvgIpc) is 2.81. The monoisotopic (exact) mass is 482 g/mol. The molecule has 0 atom stereocenters. The first-order valence-electron chi connectivity index (χ1n) is 14.3. The maximum Gasteiger partial charge on any atom is -0.0114 e. The van der Waals surface area contributed by atoms with Crippen molar-refractivity contribution in [2.75, 3.05) is 0 Å². The summed E-state index contributed by atoms with van der Waals surface area (Å²) in [5.41, 5.74) is 14.4. The highest BCUT2D eigenvalue weighted by atomic mass is 14.3. The number of hydrogen-bond acceptors (Lipinski definition) is 0. The molecule has 0 nitrogen and oxygen atoms in total. The summed E-state index contributed by atoms with van der Waals surface area (Å²) in [6, 6.07) is 19.3. The van der Waals surface area contributed by atoms with Crippen LogP contribution < -0.4 is 0 Å². The highest BCUT2D eigenvalue weighted by Gasteiger charge is 2.22. The molecule has 3 aromatic carbocycles. The summed E-state index contributed by atoms with van der Waals surface area (Å²) in [7, 11) is 0. The Morgan fingerprint density at radius 3 is 0.861 bits per heavy atom. The molecule has 36 heavy (non-hydrogen) atoms. The first-order chi connectivity index (χ1) is 16.8. The molecule has 0 aliphatic heterocycles. The van der Waals surface area contributed by atoms with E-state index in [2.05, 4.69) is 132 Å². The van der Waals surface area contributed by atoms with Gasteiger partial charge in [0.25, 0.3) is 0 Å². The van der Waals surface area contributed by atoms with E-state index in [1.54, 1.807) is 0 Å². The van der Waals surface area contributed by atoms with Crippen molar-refractivity contribution in [1.82, 2.24) is 0 Å². The van der Waals surface area contributed by atoms with E-state index in [4.69, 9.17) is 0 Å². The van der Waals surface area contributed by atoms with Crippen molar-refractivity contribution >= 4 is 0 Å². The molecular weight excluding hydrogens is 432 g/mol. The topological polar surface area (TPSA) is 0 Å². The van der Waals surface area contributed by atoms with Crippen molar-refractivity contribution in [2.45, 2.75) is 119 Å². The normalized spacial score (nSPS) is 12.3. The summed E-state index contributed by atoms with van der Waals surface area (Å²) in [6.45, 7) is 28.0. The lowest BCUT2D eigenvalue weighted by atomic mass is 9.79. The molecule has 0 radical (unpaired) electrons. The second-order valence-corrected chi connectivity index (χ2v) is 12.7. The zero-order valence-corrected chi connectivity index (χ0v) is 25.1. The maximum absolute atomic E-state index is 2.48. The van der Waals surface area contributed by atoms with E-state index >= 15 is 0 Å². The fraction of sp³-hybridized carbons (Fsp3) is 0.500. The molecule has 0 aromatic heterocycles. The van der Waals surface area contributed by atoms with Crippen LogP contribution in [0.25, 0.3) is 22.3 Å². The van der Waals surface area contributed by atoms with Gasteiger partial charge in [0, 0.05) is 0 Å². The summed E-state index contributed by atoms with van der Waals surface area (Å²) in [4.78, 5) is 0. The van der Waals surface area contributed by atoms with E-state index in [-0.39, 0.29) is 0 Å². The van der Waals surface area contributed by atoms with Crippen molar-refractivity contribution in [3.05, 3.63) is 81.9 Å². The third-order valence-electron chi connectivity index (χ3n) is 7.70. The van der Waals surface area contributed by atoms with Crippen LogP contribution in [0.1, 0.15) is 152 Å². The molecular formula is C36H50. The van der Waals surface area contributed by atoms with Crippen LogP contribution >= 0.6 is 0 Å². The van der Waals surface area contributed by atoms with Gasteiger partial charge in [0.05, 0.1) is 0 Å². The Hall–Kier alpha value is -2.34. The largest absolute Gasteiger partial charge is 0.0610 e. The van der Waals surface area contributed by atoms with E-state index in [0.717, 1.165) is 0 Å². The minimum Gasteiger partial charge on any atom is -0.0610 e. The number of benzene rings is 3. The molecule has 0 saturated carbocycles. The lowest BCUT2D eigenvalue weighted by Crippen LogP contribution is -2.05. The molecule has 3 aromatic rings. The molecule has 0 unspecified atom stereocenters. The lowest BCUT2D eigenvalue weighted by molar-refractivity contribution is 0.807. The van der Waals surface area contributed by atoms with E-state index in [1.165, 1.54) is 55.6 Å². The molecule has 0 amide bonds. The molecule has 194 valence electrons. The second kappa shape index (κ2) is 11.4. The summed E-state index contributed by atoms with van der Waals surface area (Å²) >= 11 is 0. The highest BCUT2D eigenvalue weighted by molar-refractivity contribution is 5.81. The summed E-state index contributed by atoms with van der Waals surface area (Å²) in [5, 5.41) is 0. The van der Waals surface area contributed by atoms with Crippen LogP contribution in [-0.4, -0.2) is 0 Å². The minimum absolute atomic E-state index is 0.475. The van der Waals surface area contributed by atoms with Gasteiger partial charge >= 0.3 is 0 Å². The number of hydrogen-bond donors (Lipinski definition) is 0. The van der Waals surface area contributed by atoms with Crippen molar-refractivity contribution in [3.63, 3.8) is 0 Å². The first kappa shape index (κ1) is 28.2. The van der Waals surface area contributed by atoms with Crippen molar-refractivity contribution in [2.24, 2.45) is 0 Å². The van der Waals surface area contributed by atoms with Gasteiger partial charge in [-0.05, 0) is 97.2 Å². The van der Waals surface area contributed by atoms with Crippen LogP contribution in [0, 0.1) is 0 Å². The molecule has 0 heteroatoms. The highest BCUT2D eigenvalue weighted by Crippen LogP contribution is 2.43.